The monoisotopic (exact) mass is 344 g/mol. The van der Waals surface area contributed by atoms with Gasteiger partial charge in [-0.05, 0) is 39.0 Å². The van der Waals surface area contributed by atoms with E-state index in [4.69, 9.17) is 10.00 Å². The molecule has 2 rings (SSSR count). The summed E-state index contributed by atoms with van der Waals surface area (Å²) >= 11 is 0. The van der Waals surface area contributed by atoms with Crippen molar-refractivity contribution >= 4 is 23.1 Å². The van der Waals surface area contributed by atoms with Crippen LogP contribution in [0.4, 0.5) is 4.79 Å². The number of carbonyl (C=O) groups is 2. The van der Waals surface area contributed by atoms with Crippen LogP contribution in [-0.4, -0.2) is 38.4 Å². The van der Waals surface area contributed by atoms with Gasteiger partial charge in [0.25, 0.3) is 0 Å². The second-order valence-electron chi connectivity index (χ2n) is 6.64. The van der Waals surface area contributed by atoms with Crippen molar-refractivity contribution in [3.05, 3.63) is 29.6 Å². The number of fused-ring (bicyclic) bond motifs is 1. The summed E-state index contributed by atoms with van der Waals surface area (Å²) in [5, 5.41) is 20.7. The fourth-order valence-corrected chi connectivity index (χ4v) is 2.32. The van der Waals surface area contributed by atoms with Gasteiger partial charge in [0, 0.05) is 13.5 Å². The summed E-state index contributed by atoms with van der Waals surface area (Å²) in [5.74, 6) is -0.704. The lowest BCUT2D eigenvalue weighted by Crippen LogP contribution is -2.45. The molecular weight excluding hydrogens is 324 g/mol. The Morgan fingerprint density at radius 2 is 2.12 bits per heavy atom. The first-order valence-electron chi connectivity index (χ1n) is 7.68. The lowest BCUT2D eigenvalue weighted by molar-refractivity contribution is -0.139. The van der Waals surface area contributed by atoms with Crippen LogP contribution in [0.5, 0.6) is 0 Å². The number of hydrogen-bond donors (Lipinski definition) is 2. The molecule has 8 heteroatoms. The number of carbonyl (C=O) groups excluding carboxylic acids is 1. The number of aliphatic carboxylic acids is 1. The minimum absolute atomic E-state index is 0.0123. The molecule has 8 nitrogen and oxygen atoms in total. The fourth-order valence-electron chi connectivity index (χ4n) is 2.32. The van der Waals surface area contributed by atoms with E-state index in [0.717, 1.165) is 5.52 Å². The molecular formula is C17H20N4O4. The van der Waals surface area contributed by atoms with Gasteiger partial charge in [-0.2, -0.15) is 5.26 Å². The third-order valence-corrected chi connectivity index (χ3v) is 3.48. The van der Waals surface area contributed by atoms with E-state index in [2.05, 4.69) is 16.4 Å². The van der Waals surface area contributed by atoms with Gasteiger partial charge in [0.05, 0.1) is 22.7 Å². The average molecular weight is 344 g/mol. The Morgan fingerprint density at radius 1 is 1.44 bits per heavy atom. The van der Waals surface area contributed by atoms with E-state index in [9.17, 15) is 14.7 Å². The molecule has 0 saturated carbocycles. The Bertz CT molecular complexity index is 858. The van der Waals surface area contributed by atoms with Crippen molar-refractivity contribution in [2.75, 3.05) is 0 Å². The maximum atomic E-state index is 11.8. The number of amides is 1. The molecule has 1 aromatic heterocycles. The second-order valence-corrected chi connectivity index (χ2v) is 6.64. The highest BCUT2D eigenvalue weighted by atomic mass is 16.6. The Kier molecular flexibility index (Phi) is 4.97. The zero-order valence-corrected chi connectivity index (χ0v) is 14.5. The molecule has 0 aliphatic rings. The summed E-state index contributed by atoms with van der Waals surface area (Å²) in [5.41, 5.74) is 1.13. The van der Waals surface area contributed by atoms with Crippen LogP contribution in [-0.2, 0) is 23.0 Å². The Morgan fingerprint density at radius 3 is 2.68 bits per heavy atom. The van der Waals surface area contributed by atoms with Crippen LogP contribution in [0.25, 0.3) is 11.0 Å². The lowest BCUT2D eigenvalue weighted by Gasteiger charge is -2.21. The molecule has 1 atom stereocenters. The Balaban J connectivity index is 2.24. The van der Waals surface area contributed by atoms with Gasteiger partial charge in [-0.25, -0.2) is 14.6 Å². The van der Waals surface area contributed by atoms with Crippen LogP contribution in [0.3, 0.4) is 0 Å². The number of aromatic nitrogens is 2. The van der Waals surface area contributed by atoms with Gasteiger partial charge < -0.3 is 19.7 Å². The topological polar surface area (TPSA) is 117 Å². The normalized spacial score (nSPS) is 12.4. The van der Waals surface area contributed by atoms with Crippen molar-refractivity contribution in [2.45, 2.75) is 38.8 Å². The average Bonchev–Trinajstić information content (AvgIpc) is 2.80. The highest BCUT2D eigenvalue weighted by molar-refractivity contribution is 5.81. The van der Waals surface area contributed by atoms with Gasteiger partial charge in [0.1, 0.15) is 17.5 Å². The number of carboxylic acid groups (broad SMARTS) is 1. The highest BCUT2D eigenvalue weighted by Gasteiger charge is 2.26. The first-order chi connectivity index (χ1) is 11.6. The molecule has 0 saturated heterocycles. The Labute approximate surface area is 145 Å². The van der Waals surface area contributed by atoms with Crippen molar-refractivity contribution in [3.8, 4) is 6.07 Å². The predicted octanol–water partition coefficient (Wildman–Crippen LogP) is 1.97. The summed E-state index contributed by atoms with van der Waals surface area (Å²) < 4.78 is 6.81. The molecule has 1 aromatic carbocycles. The number of aryl methyl sites for hydroxylation is 1. The maximum absolute atomic E-state index is 11.8. The number of carboxylic acids is 1. The molecule has 0 aliphatic heterocycles. The molecule has 1 heterocycles. The molecule has 132 valence electrons. The lowest BCUT2D eigenvalue weighted by atomic mass is 10.2. The zero-order valence-electron chi connectivity index (χ0n) is 14.5. The summed E-state index contributed by atoms with van der Waals surface area (Å²) in [6.07, 6.45) is -0.813. The summed E-state index contributed by atoms with van der Waals surface area (Å²) in [4.78, 5) is 27.7. The van der Waals surface area contributed by atoms with Gasteiger partial charge in [-0.15, -0.1) is 0 Å². The quantitative estimate of drug-likeness (QED) is 0.875. The van der Waals surface area contributed by atoms with Crippen molar-refractivity contribution in [1.82, 2.24) is 14.9 Å². The van der Waals surface area contributed by atoms with Crippen molar-refractivity contribution < 1.29 is 19.4 Å². The zero-order chi connectivity index (χ0) is 18.8. The first kappa shape index (κ1) is 18.3. The van der Waals surface area contributed by atoms with Gasteiger partial charge >= 0.3 is 12.1 Å². The molecule has 25 heavy (non-hydrogen) atoms. The number of hydrogen-bond acceptors (Lipinski definition) is 5. The molecule has 2 aromatic rings. The highest BCUT2D eigenvalue weighted by Crippen LogP contribution is 2.18. The van der Waals surface area contributed by atoms with E-state index >= 15 is 0 Å². The molecule has 1 unspecified atom stereocenters. The van der Waals surface area contributed by atoms with E-state index < -0.39 is 23.7 Å². The van der Waals surface area contributed by atoms with Crippen molar-refractivity contribution in [1.29, 1.82) is 5.26 Å². The fraction of sp³-hybridized carbons (Fsp3) is 0.412. The summed E-state index contributed by atoms with van der Waals surface area (Å²) in [7, 11) is 1.73. The molecule has 0 radical (unpaired) electrons. The van der Waals surface area contributed by atoms with Gasteiger partial charge in [0.2, 0.25) is 0 Å². The van der Waals surface area contributed by atoms with Crippen LogP contribution < -0.4 is 5.32 Å². The summed E-state index contributed by atoms with van der Waals surface area (Å²) in [6, 6.07) is 5.91. The van der Waals surface area contributed by atoms with Crippen LogP contribution >= 0.6 is 0 Å². The SMILES string of the molecule is Cn1c(CC(NC(=O)OC(C)(C)C)C(=O)O)nc2ccc(C#N)cc21. The predicted molar refractivity (Wildman–Crippen MR) is 89.9 cm³/mol. The third kappa shape index (κ3) is 4.47. The van der Waals surface area contributed by atoms with Crippen LogP contribution in [0, 0.1) is 11.3 Å². The minimum Gasteiger partial charge on any atom is -0.480 e. The van der Waals surface area contributed by atoms with Crippen molar-refractivity contribution in [2.24, 2.45) is 7.05 Å². The van der Waals surface area contributed by atoms with E-state index in [1.807, 2.05) is 0 Å². The van der Waals surface area contributed by atoms with Gasteiger partial charge in [-0.1, -0.05) is 0 Å². The number of nitrogens with one attached hydrogen (secondary N) is 1. The molecule has 0 bridgehead atoms. The molecule has 1 amide bonds. The Hall–Kier alpha value is -3.08. The van der Waals surface area contributed by atoms with E-state index in [-0.39, 0.29) is 6.42 Å². The first-order valence-corrected chi connectivity index (χ1v) is 7.68. The molecule has 0 fully saturated rings. The molecule has 0 aliphatic carbocycles. The van der Waals surface area contributed by atoms with Crippen LogP contribution in [0.15, 0.2) is 18.2 Å². The van der Waals surface area contributed by atoms with E-state index in [0.29, 0.717) is 16.9 Å². The van der Waals surface area contributed by atoms with E-state index in [1.165, 1.54) is 0 Å². The standard InChI is InChI=1S/C17H20N4O4/c1-17(2,3)25-16(24)20-12(15(22)23)8-14-19-11-6-5-10(9-18)7-13(11)21(14)4/h5-7,12H,8H2,1-4H3,(H,20,24)(H,22,23). The van der Waals surface area contributed by atoms with Gasteiger partial charge in [0.15, 0.2) is 0 Å². The largest absolute Gasteiger partial charge is 0.480 e. The number of imidazole rings is 1. The summed E-state index contributed by atoms with van der Waals surface area (Å²) in [6.45, 7) is 5.09. The second kappa shape index (κ2) is 6.81. The van der Waals surface area contributed by atoms with Crippen LogP contribution in [0.1, 0.15) is 32.2 Å². The number of ether oxygens (including phenoxy) is 1. The number of nitrogens with zero attached hydrogens (tertiary/aromatic N) is 3. The van der Waals surface area contributed by atoms with Crippen LogP contribution in [0.2, 0.25) is 0 Å². The molecule has 2 N–H and O–H groups in total. The van der Waals surface area contributed by atoms with E-state index in [1.54, 1.807) is 50.6 Å². The maximum Gasteiger partial charge on any atom is 0.408 e. The third-order valence-electron chi connectivity index (χ3n) is 3.48. The number of alkyl carbamates (subject to hydrolysis) is 1. The molecule has 0 spiro atoms. The smallest absolute Gasteiger partial charge is 0.408 e. The number of benzene rings is 1. The van der Waals surface area contributed by atoms with Crippen molar-refractivity contribution in [3.63, 3.8) is 0 Å². The minimum atomic E-state index is -1.18. The van der Waals surface area contributed by atoms with Gasteiger partial charge in [-0.3, -0.25) is 0 Å². The number of rotatable bonds is 4. The number of nitriles is 1.